The number of hydrogen-bond acceptors (Lipinski definition) is 2. The Morgan fingerprint density at radius 3 is 2.38 bits per heavy atom. The molecule has 0 radical (unpaired) electrons. The number of carbonyl (C=O) groups is 1. The minimum atomic E-state index is -4.40. The molecule has 2 N–H and O–H groups in total. The Hall–Kier alpha value is -0.740. The van der Waals surface area contributed by atoms with Crippen molar-refractivity contribution < 1.29 is 18.0 Å². The number of rotatable bonds is 9. The molecule has 144 valence electrons. The largest absolute Gasteiger partial charge is 0.406 e. The molecule has 0 saturated carbocycles. The third-order valence-corrected chi connectivity index (χ3v) is 3.18. The molecule has 0 aromatic rings. The molecule has 5 nitrogen and oxygen atoms in total. The third kappa shape index (κ3) is 13.7. The van der Waals surface area contributed by atoms with Crippen molar-refractivity contribution in [3.8, 4) is 0 Å². The lowest BCUT2D eigenvalue weighted by Crippen LogP contribution is -2.43. The quantitative estimate of drug-likeness (QED) is 0.238. The van der Waals surface area contributed by atoms with Crippen molar-refractivity contribution in [1.82, 2.24) is 15.5 Å². The van der Waals surface area contributed by atoms with Gasteiger partial charge in [-0.15, -0.1) is 24.0 Å². The van der Waals surface area contributed by atoms with Crippen LogP contribution in [0.1, 0.15) is 46.5 Å². The van der Waals surface area contributed by atoms with Crippen LogP contribution in [0.5, 0.6) is 0 Å². The van der Waals surface area contributed by atoms with Gasteiger partial charge in [0.05, 0.1) is 0 Å². The van der Waals surface area contributed by atoms with E-state index in [1.807, 2.05) is 13.8 Å². The number of amides is 1. The number of hydrogen-bond donors (Lipinski definition) is 2. The van der Waals surface area contributed by atoms with Gasteiger partial charge in [0, 0.05) is 19.6 Å². The van der Waals surface area contributed by atoms with Crippen LogP contribution >= 0.6 is 24.0 Å². The van der Waals surface area contributed by atoms with Gasteiger partial charge < -0.3 is 15.5 Å². The summed E-state index contributed by atoms with van der Waals surface area (Å²) in [6.07, 6.45) is -0.0382. The Bertz CT molecular complexity index is 378. The summed E-state index contributed by atoms with van der Waals surface area (Å²) >= 11 is 0. The van der Waals surface area contributed by atoms with Crippen molar-refractivity contribution >= 4 is 35.8 Å². The number of alkyl halides is 3. The number of carbonyl (C=O) groups excluding carboxylic acids is 1. The molecule has 0 aromatic carbocycles. The van der Waals surface area contributed by atoms with E-state index in [-0.39, 0.29) is 36.6 Å². The molecule has 24 heavy (non-hydrogen) atoms. The lowest BCUT2D eigenvalue weighted by Gasteiger charge is -2.20. The zero-order chi connectivity index (χ0) is 17.9. The first-order valence-corrected chi connectivity index (χ1v) is 8.05. The Morgan fingerprint density at radius 2 is 1.88 bits per heavy atom. The monoisotopic (exact) mass is 466 g/mol. The molecule has 0 fully saturated rings. The van der Waals surface area contributed by atoms with Crippen molar-refractivity contribution in [2.45, 2.75) is 58.7 Å². The summed E-state index contributed by atoms with van der Waals surface area (Å²) < 4.78 is 36.8. The van der Waals surface area contributed by atoms with Gasteiger partial charge >= 0.3 is 6.18 Å². The molecular weight excluding hydrogens is 436 g/mol. The number of likely N-dealkylation sites (N-methyl/N-ethyl adjacent to an activating group) is 1. The second kappa shape index (κ2) is 13.5. The summed E-state index contributed by atoms with van der Waals surface area (Å²) in [5, 5.41) is 6.16. The van der Waals surface area contributed by atoms with E-state index in [2.05, 4.69) is 22.5 Å². The lowest BCUT2D eigenvalue weighted by atomic mass is 10.1. The maximum atomic E-state index is 12.3. The summed E-state index contributed by atoms with van der Waals surface area (Å²) in [5.41, 5.74) is 0. The number of guanidine groups is 1. The van der Waals surface area contributed by atoms with Crippen LogP contribution in [-0.4, -0.2) is 55.7 Å². The molecule has 0 aliphatic carbocycles. The van der Waals surface area contributed by atoms with Gasteiger partial charge in [0.15, 0.2) is 5.96 Å². The van der Waals surface area contributed by atoms with Gasteiger partial charge in [-0.1, -0.05) is 26.2 Å². The van der Waals surface area contributed by atoms with E-state index in [4.69, 9.17) is 0 Å². The van der Waals surface area contributed by atoms with E-state index < -0.39 is 18.6 Å². The third-order valence-electron chi connectivity index (χ3n) is 3.18. The normalized spacial score (nSPS) is 13.0. The number of aliphatic imine (C=N–C) groups is 1. The van der Waals surface area contributed by atoms with Gasteiger partial charge in [0.2, 0.25) is 5.91 Å². The highest BCUT2D eigenvalue weighted by molar-refractivity contribution is 14.0. The summed E-state index contributed by atoms with van der Waals surface area (Å²) in [6, 6.07) is 0.183. The van der Waals surface area contributed by atoms with Crippen molar-refractivity contribution in [3.63, 3.8) is 0 Å². The standard InChI is InChI=1S/C15H29F3N4O.HI/c1-5-7-8-9-12(3)21-14(19-6-2)20-10-13(23)22(4)11-15(16,17)18;/h12H,5-11H2,1-4H3,(H2,19,20,21);1H. The highest BCUT2D eigenvalue weighted by atomic mass is 127. The summed E-state index contributed by atoms with van der Waals surface area (Å²) in [5.74, 6) is -0.219. The molecule has 0 spiro atoms. The molecule has 9 heteroatoms. The van der Waals surface area contributed by atoms with Crippen LogP contribution in [0.2, 0.25) is 0 Å². The Morgan fingerprint density at radius 1 is 1.25 bits per heavy atom. The minimum Gasteiger partial charge on any atom is -0.357 e. The van der Waals surface area contributed by atoms with Gasteiger partial charge in [-0.25, -0.2) is 4.99 Å². The molecule has 0 saturated heterocycles. The first-order chi connectivity index (χ1) is 10.7. The van der Waals surface area contributed by atoms with E-state index >= 15 is 0 Å². The second-order valence-corrected chi connectivity index (χ2v) is 5.60. The smallest absolute Gasteiger partial charge is 0.357 e. The molecule has 0 aliphatic heterocycles. The fourth-order valence-electron chi connectivity index (χ4n) is 1.95. The molecule has 0 aromatic heterocycles. The predicted molar refractivity (Wildman–Crippen MR) is 102 cm³/mol. The fourth-order valence-corrected chi connectivity index (χ4v) is 1.95. The van der Waals surface area contributed by atoms with Crippen molar-refractivity contribution in [1.29, 1.82) is 0 Å². The molecule has 0 aliphatic rings. The predicted octanol–water partition coefficient (Wildman–Crippen LogP) is 3.15. The number of halogens is 4. The summed E-state index contributed by atoms with van der Waals surface area (Å²) in [6.45, 7) is 5.06. The minimum absolute atomic E-state index is 0. The van der Waals surface area contributed by atoms with Gasteiger partial charge in [-0.05, 0) is 20.3 Å². The number of nitrogens with zero attached hydrogens (tertiary/aromatic N) is 2. The first-order valence-electron chi connectivity index (χ1n) is 8.05. The van der Waals surface area contributed by atoms with E-state index in [0.29, 0.717) is 17.4 Å². The maximum absolute atomic E-state index is 12.3. The van der Waals surface area contributed by atoms with Gasteiger partial charge in [0.1, 0.15) is 13.1 Å². The fraction of sp³-hybridized carbons (Fsp3) is 0.867. The first kappa shape index (κ1) is 25.5. The number of unbranched alkanes of at least 4 members (excludes halogenated alkanes) is 2. The van der Waals surface area contributed by atoms with Crippen LogP contribution in [0.3, 0.4) is 0 Å². The Balaban J connectivity index is 0. The van der Waals surface area contributed by atoms with Crippen LogP contribution in [0.4, 0.5) is 13.2 Å². The zero-order valence-electron chi connectivity index (χ0n) is 14.9. The molecule has 0 bridgehead atoms. The van der Waals surface area contributed by atoms with Crippen molar-refractivity contribution in [2.75, 3.05) is 26.7 Å². The Kier molecular flexibility index (Phi) is 14.4. The van der Waals surface area contributed by atoms with Crippen LogP contribution in [0.15, 0.2) is 4.99 Å². The van der Waals surface area contributed by atoms with Crippen LogP contribution in [0, 0.1) is 0 Å². The second-order valence-electron chi connectivity index (χ2n) is 5.60. The van der Waals surface area contributed by atoms with E-state index in [1.54, 1.807) is 0 Å². The number of nitrogens with one attached hydrogen (secondary N) is 2. The molecule has 1 unspecified atom stereocenters. The molecule has 1 amide bonds. The van der Waals surface area contributed by atoms with E-state index in [0.717, 1.165) is 32.7 Å². The van der Waals surface area contributed by atoms with Gasteiger partial charge in [0.25, 0.3) is 0 Å². The highest BCUT2D eigenvalue weighted by Crippen LogP contribution is 2.15. The average molecular weight is 466 g/mol. The van der Waals surface area contributed by atoms with Crippen molar-refractivity contribution in [2.24, 2.45) is 4.99 Å². The average Bonchev–Trinajstić information content (AvgIpc) is 2.43. The van der Waals surface area contributed by atoms with Gasteiger partial charge in [-0.2, -0.15) is 13.2 Å². The lowest BCUT2D eigenvalue weighted by molar-refractivity contribution is -0.157. The molecule has 0 heterocycles. The van der Waals surface area contributed by atoms with Crippen LogP contribution < -0.4 is 10.6 Å². The molecule has 1 atom stereocenters. The molecule has 0 rings (SSSR count). The highest BCUT2D eigenvalue weighted by Gasteiger charge is 2.31. The van der Waals surface area contributed by atoms with E-state index in [1.165, 1.54) is 0 Å². The van der Waals surface area contributed by atoms with Crippen LogP contribution in [0.25, 0.3) is 0 Å². The SMILES string of the molecule is CCCCCC(C)NC(=NCC(=O)N(C)CC(F)(F)F)NCC.I. The van der Waals surface area contributed by atoms with Crippen molar-refractivity contribution in [3.05, 3.63) is 0 Å². The zero-order valence-corrected chi connectivity index (χ0v) is 17.2. The topological polar surface area (TPSA) is 56.7 Å². The summed E-state index contributed by atoms with van der Waals surface area (Å²) in [7, 11) is 1.12. The van der Waals surface area contributed by atoms with Crippen LogP contribution in [-0.2, 0) is 4.79 Å². The summed E-state index contributed by atoms with van der Waals surface area (Å²) in [4.78, 5) is 16.4. The van der Waals surface area contributed by atoms with E-state index in [9.17, 15) is 18.0 Å². The Labute approximate surface area is 159 Å². The van der Waals surface area contributed by atoms with Gasteiger partial charge in [-0.3, -0.25) is 4.79 Å². The molecular formula is C15H30F3IN4O. The maximum Gasteiger partial charge on any atom is 0.406 e.